The molecule has 1 atom stereocenters. The van der Waals surface area contributed by atoms with E-state index in [4.69, 9.17) is 21.1 Å². The Balaban J connectivity index is 1.72. The van der Waals surface area contributed by atoms with Gasteiger partial charge in [0.1, 0.15) is 24.0 Å². The Labute approximate surface area is 254 Å². The van der Waals surface area contributed by atoms with E-state index in [1.54, 1.807) is 18.2 Å². The summed E-state index contributed by atoms with van der Waals surface area (Å²) in [4.78, 5) is 42.8. The smallest absolute Gasteiger partial charge is 0.408 e. The number of anilines is 1. The van der Waals surface area contributed by atoms with Crippen molar-refractivity contribution in [2.75, 3.05) is 33.2 Å². The number of nitrogens with zero attached hydrogens (tertiary/aromatic N) is 4. The molecule has 3 heterocycles. The zero-order chi connectivity index (χ0) is 32.0. The average Bonchev–Trinajstić information content (AvgIpc) is 3.44. The first kappa shape index (κ1) is 32.2. The number of alkyl halides is 3. The number of halogens is 4. The van der Waals surface area contributed by atoms with Crippen LogP contribution < -0.4 is 20.9 Å². The van der Waals surface area contributed by atoms with Crippen LogP contribution in [0.3, 0.4) is 0 Å². The third kappa shape index (κ3) is 7.63. The van der Waals surface area contributed by atoms with E-state index in [-0.39, 0.29) is 24.5 Å². The first-order valence-electron chi connectivity index (χ1n) is 13.1. The van der Waals surface area contributed by atoms with Gasteiger partial charge in [-0.05, 0) is 35.4 Å². The summed E-state index contributed by atoms with van der Waals surface area (Å²) >= 11 is 6.29. The molecular formula is C29H28ClF3N6O5. The minimum Gasteiger partial charge on any atom is -0.495 e. The van der Waals surface area contributed by atoms with Gasteiger partial charge in [-0.3, -0.25) is 23.6 Å². The van der Waals surface area contributed by atoms with Gasteiger partial charge >= 0.3 is 6.18 Å². The number of pyridine rings is 2. The Kier molecular flexibility index (Phi) is 10.1. The molecule has 44 heavy (non-hydrogen) atoms. The minimum atomic E-state index is -4.46. The third-order valence-electron chi connectivity index (χ3n) is 6.55. The van der Waals surface area contributed by atoms with E-state index in [0.717, 1.165) is 4.68 Å². The first-order valence-corrected chi connectivity index (χ1v) is 13.5. The van der Waals surface area contributed by atoms with Gasteiger partial charge in [0, 0.05) is 55.6 Å². The van der Waals surface area contributed by atoms with Crippen LogP contribution in [0.1, 0.15) is 23.0 Å². The van der Waals surface area contributed by atoms with Crippen molar-refractivity contribution in [3.05, 3.63) is 82.3 Å². The van der Waals surface area contributed by atoms with Crippen LogP contribution in [0, 0.1) is 0 Å². The fourth-order valence-electron chi connectivity index (χ4n) is 4.49. The van der Waals surface area contributed by atoms with Gasteiger partial charge in [0.05, 0.1) is 31.4 Å². The standard InChI is InChI=1S/C29H28ClF3N6O5/c1-34-27(41)23-7-5-19(13-35-23)37-28(42)24(8-9-43-2)39-15-25(44-3)22(11-26(39)40)21-10-18(30)4-6-20(21)17-12-36-38(14-17)16-29(31,32)33/h4-7,10-15,24H,8-9,16H2,1-3H3,(H,34,41)(H,37,42). The van der Waals surface area contributed by atoms with Crippen LogP contribution in [0.5, 0.6) is 5.75 Å². The van der Waals surface area contributed by atoms with Gasteiger partial charge in [-0.2, -0.15) is 18.3 Å². The lowest BCUT2D eigenvalue weighted by Crippen LogP contribution is -2.34. The summed E-state index contributed by atoms with van der Waals surface area (Å²) in [5, 5.41) is 9.29. The van der Waals surface area contributed by atoms with Crippen LogP contribution in [-0.2, 0) is 16.1 Å². The van der Waals surface area contributed by atoms with Crippen molar-refractivity contribution in [2.45, 2.75) is 25.2 Å². The Morgan fingerprint density at radius 2 is 1.82 bits per heavy atom. The Morgan fingerprint density at radius 1 is 1.05 bits per heavy atom. The molecule has 4 rings (SSSR count). The number of aromatic nitrogens is 4. The normalized spacial score (nSPS) is 12.1. The number of hydrogen-bond acceptors (Lipinski definition) is 7. The third-order valence-corrected chi connectivity index (χ3v) is 6.78. The van der Waals surface area contributed by atoms with Gasteiger partial charge < -0.3 is 20.1 Å². The van der Waals surface area contributed by atoms with Crippen LogP contribution in [0.15, 0.2) is 66.0 Å². The summed E-state index contributed by atoms with van der Waals surface area (Å²) in [5.74, 6) is -0.742. The lowest BCUT2D eigenvalue weighted by atomic mass is 9.96. The molecule has 1 aromatic carbocycles. The number of carbonyl (C=O) groups is 2. The molecular weight excluding hydrogens is 605 g/mol. The van der Waals surface area contributed by atoms with Crippen molar-refractivity contribution in [2.24, 2.45) is 0 Å². The molecule has 4 aromatic rings. The lowest BCUT2D eigenvalue weighted by molar-refractivity contribution is -0.142. The Hall–Kier alpha value is -4.69. The van der Waals surface area contributed by atoms with Gasteiger partial charge in [0.25, 0.3) is 11.5 Å². The van der Waals surface area contributed by atoms with Crippen molar-refractivity contribution in [1.29, 1.82) is 0 Å². The molecule has 2 amide bonds. The summed E-state index contributed by atoms with van der Waals surface area (Å²) in [6.07, 6.45) is 0.886. The average molecular weight is 633 g/mol. The van der Waals surface area contributed by atoms with Crippen molar-refractivity contribution in [3.8, 4) is 28.0 Å². The number of nitrogens with one attached hydrogen (secondary N) is 2. The molecule has 0 aliphatic heterocycles. The Morgan fingerprint density at radius 3 is 2.45 bits per heavy atom. The molecule has 232 valence electrons. The van der Waals surface area contributed by atoms with Gasteiger partial charge in [-0.15, -0.1) is 0 Å². The second-order valence-electron chi connectivity index (χ2n) is 9.53. The first-order chi connectivity index (χ1) is 20.9. The number of carbonyl (C=O) groups excluding carboxylic acids is 2. The number of methoxy groups -OCH3 is 2. The van der Waals surface area contributed by atoms with Gasteiger partial charge in [0.15, 0.2) is 0 Å². The maximum absolute atomic E-state index is 13.5. The molecule has 0 saturated heterocycles. The number of amides is 2. The molecule has 0 radical (unpaired) electrons. The van der Waals surface area contributed by atoms with Gasteiger partial charge in [0.2, 0.25) is 5.91 Å². The second kappa shape index (κ2) is 13.7. The summed E-state index contributed by atoms with van der Waals surface area (Å²) in [7, 11) is 4.31. The van der Waals surface area contributed by atoms with E-state index in [0.29, 0.717) is 33.0 Å². The highest BCUT2D eigenvalue weighted by Crippen LogP contribution is 2.38. The largest absolute Gasteiger partial charge is 0.495 e. The summed E-state index contributed by atoms with van der Waals surface area (Å²) in [6, 6.07) is 7.91. The van der Waals surface area contributed by atoms with E-state index in [2.05, 4.69) is 20.7 Å². The topological polar surface area (TPSA) is 129 Å². The number of rotatable bonds is 11. The highest BCUT2D eigenvalue weighted by atomic mass is 35.5. The maximum Gasteiger partial charge on any atom is 0.408 e. The summed E-state index contributed by atoms with van der Waals surface area (Å²) in [5.41, 5.74) is 1.42. The molecule has 0 saturated carbocycles. The summed E-state index contributed by atoms with van der Waals surface area (Å²) in [6.45, 7) is -1.13. The predicted octanol–water partition coefficient (Wildman–Crippen LogP) is 4.57. The van der Waals surface area contributed by atoms with Crippen molar-refractivity contribution >= 4 is 29.1 Å². The highest BCUT2D eigenvalue weighted by Gasteiger charge is 2.29. The quantitative estimate of drug-likeness (QED) is 0.248. The van der Waals surface area contributed by atoms with Crippen LogP contribution >= 0.6 is 11.6 Å². The molecule has 0 aliphatic rings. The molecule has 3 aromatic heterocycles. The molecule has 0 aliphatic carbocycles. The van der Waals surface area contributed by atoms with Crippen molar-refractivity contribution in [3.63, 3.8) is 0 Å². The van der Waals surface area contributed by atoms with Crippen molar-refractivity contribution < 1.29 is 32.2 Å². The SMILES string of the molecule is CNC(=O)c1ccc(NC(=O)C(CCOC)n2cc(OC)c(-c3cc(Cl)ccc3-c3cnn(CC(F)(F)F)c3)cc2=O)cn1. The molecule has 0 fully saturated rings. The lowest BCUT2D eigenvalue weighted by Gasteiger charge is -2.21. The van der Waals surface area contributed by atoms with Crippen molar-refractivity contribution in [1.82, 2.24) is 24.6 Å². The van der Waals surface area contributed by atoms with E-state index < -0.39 is 36.1 Å². The molecule has 15 heteroatoms. The fourth-order valence-corrected chi connectivity index (χ4v) is 4.66. The number of benzene rings is 1. The van der Waals surface area contributed by atoms with Crippen LogP contribution in [-0.4, -0.2) is 65.2 Å². The van der Waals surface area contributed by atoms with Crippen LogP contribution in [0.2, 0.25) is 5.02 Å². The fraction of sp³-hybridized carbons (Fsp3) is 0.276. The molecule has 11 nitrogen and oxygen atoms in total. The molecule has 0 bridgehead atoms. The number of hydrogen-bond donors (Lipinski definition) is 2. The monoisotopic (exact) mass is 632 g/mol. The molecule has 2 N–H and O–H groups in total. The highest BCUT2D eigenvalue weighted by molar-refractivity contribution is 6.31. The Bertz CT molecular complexity index is 1710. The van der Waals surface area contributed by atoms with Crippen LogP contribution in [0.25, 0.3) is 22.3 Å². The second-order valence-corrected chi connectivity index (χ2v) is 9.97. The van der Waals surface area contributed by atoms with E-state index in [1.807, 2.05) is 0 Å². The number of ether oxygens (including phenoxy) is 2. The van der Waals surface area contributed by atoms with E-state index >= 15 is 0 Å². The maximum atomic E-state index is 13.5. The van der Waals surface area contributed by atoms with Crippen LogP contribution in [0.4, 0.5) is 18.9 Å². The molecule has 0 spiro atoms. The zero-order valence-electron chi connectivity index (χ0n) is 23.8. The summed E-state index contributed by atoms with van der Waals surface area (Å²) < 4.78 is 51.5. The molecule has 1 unspecified atom stereocenters. The zero-order valence-corrected chi connectivity index (χ0v) is 24.6. The van der Waals surface area contributed by atoms with E-state index in [1.165, 1.54) is 68.8 Å². The van der Waals surface area contributed by atoms with Gasteiger partial charge in [-0.1, -0.05) is 17.7 Å². The van der Waals surface area contributed by atoms with Gasteiger partial charge in [-0.25, -0.2) is 4.98 Å². The minimum absolute atomic E-state index is 0.120. The van der Waals surface area contributed by atoms with E-state index in [9.17, 15) is 27.6 Å². The predicted molar refractivity (Wildman–Crippen MR) is 157 cm³/mol.